The second-order valence-corrected chi connectivity index (χ2v) is 7.60. The zero-order valence-electron chi connectivity index (χ0n) is 18.7. The van der Waals surface area contributed by atoms with Gasteiger partial charge in [0, 0.05) is 37.8 Å². The van der Waals surface area contributed by atoms with E-state index in [-0.39, 0.29) is 6.61 Å². The van der Waals surface area contributed by atoms with Crippen molar-refractivity contribution >= 4 is 11.8 Å². The predicted octanol–water partition coefficient (Wildman–Crippen LogP) is 0.437. The first-order chi connectivity index (χ1) is 15.4. The fourth-order valence-corrected chi connectivity index (χ4v) is 3.85. The van der Waals surface area contributed by atoms with Crippen LogP contribution in [0.1, 0.15) is 12.1 Å². The molecule has 0 spiro atoms. The Hall–Kier alpha value is -2.73. The van der Waals surface area contributed by atoms with Crippen LogP contribution in [0, 0.1) is 12.8 Å². The molecule has 4 atom stereocenters. The van der Waals surface area contributed by atoms with Crippen LogP contribution in [-0.2, 0) is 4.74 Å². The normalized spacial score (nSPS) is 22.6. The highest BCUT2D eigenvalue weighted by Gasteiger charge is 2.41. The summed E-state index contributed by atoms with van der Waals surface area (Å²) in [6, 6.07) is 3.00. The lowest BCUT2D eigenvalue weighted by Gasteiger charge is -2.22. The minimum Gasteiger partial charge on any atom is -0.481 e. The molecular weight excluding hydrogens is 418 g/mol. The van der Waals surface area contributed by atoms with Crippen LogP contribution in [0.5, 0.6) is 11.8 Å². The maximum atomic E-state index is 10.5. The van der Waals surface area contributed by atoms with Crippen LogP contribution in [-0.4, -0.2) is 89.6 Å². The van der Waals surface area contributed by atoms with Gasteiger partial charge >= 0.3 is 0 Å². The van der Waals surface area contributed by atoms with Crippen molar-refractivity contribution in [2.24, 2.45) is 5.92 Å². The molecule has 0 bridgehead atoms. The van der Waals surface area contributed by atoms with E-state index in [1.54, 1.807) is 19.2 Å². The Balaban J connectivity index is 2.04. The van der Waals surface area contributed by atoms with Crippen molar-refractivity contribution in [3.05, 3.63) is 17.8 Å². The van der Waals surface area contributed by atoms with E-state index in [0.717, 1.165) is 0 Å². The number of hydrogen-bond donors (Lipinski definition) is 5. The number of nitrogens with zero attached hydrogens (tertiary/aromatic N) is 3. The SMILES string of the molecule is COCCNc1nc(C)c(-c2ccc(OC)nc2OC)c(N[C@@H]2C[C@H](CO)[C@@H](O)[C@H]2O)n1. The number of pyridine rings is 1. The van der Waals surface area contributed by atoms with E-state index in [0.29, 0.717) is 59.9 Å². The first kappa shape index (κ1) is 23.9. The summed E-state index contributed by atoms with van der Waals surface area (Å²) in [5.41, 5.74) is 1.94. The van der Waals surface area contributed by atoms with Crippen LogP contribution in [0.4, 0.5) is 11.8 Å². The average molecular weight is 450 g/mol. The van der Waals surface area contributed by atoms with Crippen molar-refractivity contribution in [2.75, 3.05) is 51.7 Å². The van der Waals surface area contributed by atoms with Crippen molar-refractivity contribution in [1.29, 1.82) is 0 Å². The van der Waals surface area contributed by atoms with E-state index in [2.05, 4.69) is 25.6 Å². The lowest BCUT2D eigenvalue weighted by Crippen LogP contribution is -2.35. The number of nitrogens with one attached hydrogen (secondary N) is 2. The fraction of sp³-hybridized carbons (Fsp3) is 0.571. The quantitative estimate of drug-likeness (QED) is 0.321. The second kappa shape index (κ2) is 10.7. The van der Waals surface area contributed by atoms with Crippen LogP contribution in [0.15, 0.2) is 12.1 Å². The van der Waals surface area contributed by atoms with Crippen LogP contribution in [0.25, 0.3) is 11.1 Å². The number of aliphatic hydroxyl groups excluding tert-OH is 3. The first-order valence-corrected chi connectivity index (χ1v) is 10.4. The summed E-state index contributed by atoms with van der Waals surface area (Å²) in [6.07, 6.45) is -1.71. The van der Waals surface area contributed by atoms with Gasteiger partial charge in [-0.3, -0.25) is 0 Å². The summed E-state index contributed by atoms with van der Waals surface area (Å²) in [7, 11) is 4.64. The molecule has 1 aliphatic rings. The molecule has 2 heterocycles. The van der Waals surface area contributed by atoms with Crippen LogP contribution in [0.2, 0.25) is 0 Å². The van der Waals surface area contributed by atoms with Gasteiger partial charge in [0.1, 0.15) is 11.9 Å². The first-order valence-electron chi connectivity index (χ1n) is 10.4. The van der Waals surface area contributed by atoms with Gasteiger partial charge in [0.2, 0.25) is 17.7 Å². The number of hydrogen-bond acceptors (Lipinski definition) is 11. The Bertz CT molecular complexity index is 914. The van der Waals surface area contributed by atoms with Crippen molar-refractivity contribution in [1.82, 2.24) is 15.0 Å². The van der Waals surface area contributed by atoms with Gasteiger partial charge in [-0.25, -0.2) is 4.98 Å². The maximum Gasteiger partial charge on any atom is 0.224 e. The zero-order valence-corrected chi connectivity index (χ0v) is 18.7. The number of aryl methyl sites for hydroxylation is 1. The smallest absolute Gasteiger partial charge is 0.224 e. The number of anilines is 2. The third-order valence-electron chi connectivity index (χ3n) is 5.54. The summed E-state index contributed by atoms with van der Waals surface area (Å²) < 4.78 is 15.7. The number of aliphatic hydroxyl groups is 3. The lowest BCUT2D eigenvalue weighted by atomic mass is 10.0. The summed E-state index contributed by atoms with van der Waals surface area (Å²) >= 11 is 0. The molecule has 11 heteroatoms. The van der Waals surface area contributed by atoms with Crippen LogP contribution >= 0.6 is 0 Å². The summed E-state index contributed by atoms with van der Waals surface area (Å²) in [4.78, 5) is 13.5. The Labute approximate surface area is 186 Å². The molecule has 11 nitrogen and oxygen atoms in total. The molecule has 3 rings (SSSR count). The van der Waals surface area contributed by atoms with Crippen molar-refractivity contribution in [3.8, 4) is 22.9 Å². The third kappa shape index (κ3) is 5.01. The molecule has 0 aromatic carbocycles. The molecule has 176 valence electrons. The Morgan fingerprint density at radius 1 is 1.06 bits per heavy atom. The van der Waals surface area contributed by atoms with Crippen LogP contribution < -0.4 is 20.1 Å². The summed E-state index contributed by atoms with van der Waals surface area (Å²) in [5, 5.41) is 36.6. The Morgan fingerprint density at radius 3 is 2.47 bits per heavy atom. The standard InChI is InChI=1S/C21H31N5O6/c1-11-16(13-5-6-15(31-3)25-20(13)32-4)19(26-21(23-11)22-7-8-30-2)24-14-9-12(10-27)17(28)18(14)29/h5-6,12,14,17-18,27-29H,7-10H2,1-4H3,(H2,22,23,24,26)/t12-,14-,17-,18+/m1/s1. The molecule has 0 saturated heterocycles. The van der Waals surface area contributed by atoms with Gasteiger partial charge in [-0.2, -0.15) is 9.97 Å². The van der Waals surface area contributed by atoms with E-state index in [1.165, 1.54) is 14.2 Å². The molecule has 0 aliphatic heterocycles. The molecule has 2 aromatic rings. The fourth-order valence-electron chi connectivity index (χ4n) is 3.85. The van der Waals surface area contributed by atoms with Gasteiger partial charge in [0.15, 0.2) is 0 Å². The van der Waals surface area contributed by atoms with Crippen molar-refractivity contribution < 1.29 is 29.5 Å². The monoisotopic (exact) mass is 449 g/mol. The molecule has 5 N–H and O–H groups in total. The number of methoxy groups -OCH3 is 3. The number of ether oxygens (including phenoxy) is 3. The average Bonchev–Trinajstić information content (AvgIpc) is 3.06. The van der Waals surface area contributed by atoms with Crippen molar-refractivity contribution in [3.63, 3.8) is 0 Å². The Morgan fingerprint density at radius 2 is 1.84 bits per heavy atom. The van der Waals surface area contributed by atoms with E-state index in [4.69, 9.17) is 14.2 Å². The minimum absolute atomic E-state index is 0.216. The summed E-state index contributed by atoms with van der Waals surface area (Å²) in [5.74, 6) is 1.14. The predicted molar refractivity (Wildman–Crippen MR) is 118 cm³/mol. The van der Waals surface area contributed by atoms with E-state index in [9.17, 15) is 15.3 Å². The third-order valence-corrected chi connectivity index (χ3v) is 5.54. The highest BCUT2D eigenvalue weighted by molar-refractivity contribution is 5.81. The molecule has 1 fully saturated rings. The van der Waals surface area contributed by atoms with Gasteiger partial charge in [0.05, 0.1) is 44.2 Å². The zero-order chi connectivity index (χ0) is 23.3. The van der Waals surface area contributed by atoms with Gasteiger partial charge in [0.25, 0.3) is 0 Å². The van der Waals surface area contributed by atoms with Crippen molar-refractivity contribution in [2.45, 2.75) is 31.6 Å². The topological polar surface area (TPSA) is 151 Å². The van der Waals surface area contributed by atoms with E-state index in [1.807, 2.05) is 6.92 Å². The number of aromatic nitrogens is 3. The lowest BCUT2D eigenvalue weighted by molar-refractivity contribution is 0.00446. The molecular formula is C21H31N5O6. The molecule has 2 aromatic heterocycles. The highest BCUT2D eigenvalue weighted by atomic mass is 16.5. The van der Waals surface area contributed by atoms with Gasteiger partial charge in [-0.15, -0.1) is 0 Å². The maximum absolute atomic E-state index is 10.5. The van der Waals surface area contributed by atoms with E-state index >= 15 is 0 Å². The molecule has 32 heavy (non-hydrogen) atoms. The minimum atomic E-state index is -1.06. The van der Waals surface area contributed by atoms with Gasteiger partial charge in [-0.1, -0.05) is 0 Å². The largest absolute Gasteiger partial charge is 0.481 e. The second-order valence-electron chi connectivity index (χ2n) is 7.60. The summed E-state index contributed by atoms with van der Waals surface area (Å²) in [6.45, 7) is 2.62. The number of rotatable bonds is 10. The van der Waals surface area contributed by atoms with Gasteiger partial charge in [-0.05, 0) is 19.4 Å². The molecule has 1 aliphatic carbocycles. The van der Waals surface area contributed by atoms with Crippen LogP contribution in [0.3, 0.4) is 0 Å². The molecule has 0 amide bonds. The molecule has 1 saturated carbocycles. The van der Waals surface area contributed by atoms with Gasteiger partial charge < -0.3 is 40.2 Å². The van der Waals surface area contributed by atoms with E-state index < -0.39 is 24.2 Å². The molecule has 0 unspecified atom stereocenters. The Kier molecular flexibility index (Phi) is 8.02. The molecule has 0 radical (unpaired) electrons. The highest BCUT2D eigenvalue weighted by Crippen LogP contribution is 2.38.